The number of Topliss-reactive ketones (excluding diaryl/α,β-unsaturated/α-hetero) is 1. The molecule has 0 amide bonds. The molecular formula is C18H20O3. The normalized spacial score (nSPS) is 12.0. The second-order valence-corrected chi connectivity index (χ2v) is 5.19. The zero-order valence-corrected chi connectivity index (χ0v) is 11.9. The minimum absolute atomic E-state index is 0.0742. The molecule has 0 aliphatic carbocycles. The van der Waals surface area contributed by atoms with E-state index in [9.17, 15) is 15.0 Å². The highest BCUT2D eigenvalue weighted by Gasteiger charge is 2.12. The van der Waals surface area contributed by atoms with Crippen molar-refractivity contribution in [2.45, 2.75) is 31.8 Å². The molecule has 0 saturated heterocycles. The molecule has 3 nitrogen and oxygen atoms in total. The Kier molecular flexibility index (Phi) is 5.52. The zero-order valence-electron chi connectivity index (χ0n) is 11.9. The second kappa shape index (κ2) is 7.60. The average Bonchev–Trinajstić information content (AvgIpc) is 2.50. The van der Waals surface area contributed by atoms with Gasteiger partial charge in [0.15, 0.2) is 0 Å². The van der Waals surface area contributed by atoms with E-state index in [0.717, 1.165) is 24.0 Å². The van der Waals surface area contributed by atoms with Gasteiger partial charge in [-0.2, -0.15) is 0 Å². The topological polar surface area (TPSA) is 57.5 Å². The van der Waals surface area contributed by atoms with Gasteiger partial charge in [-0.15, -0.1) is 0 Å². The third-order valence-electron chi connectivity index (χ3n) is 3.46. The summed E-state index contributed by atoms with van der Waals surface area (Å²) < 4.78 is 0. The number of rotatable bonds is 7. The number of aryl methyl sites for hydroxylation is 1. The summed E-state index contributed by atoms with van der Waals surface area (Å²) in [6, 6.07) is 16.3. The number of aliphatic hydroxyl groups is 1. The quantitative estimate of drug-likeness (QED) is 0.819. The molecule has 0 aromatic heterocycles. The molecule has 0 radical (unpaired) electrons. The van der Waals surface area contributed by atoms with Gasteiger partial charge in [-0.1, -0.05) is 42.5 Å². The van der Waals surface area contributed by atoms with Crippen LogP contribution < -0.4 is 0 Å². The lowest BCUT2D eigenvalue weighted by Gasteiger charge is -2.10. The summed E-state index contributed by atoms with van der Waals surface area (Å²) in [6.45, 7) is 0. The van der Waals surface area contributed by atoms with E-state index in [2.05, 4.69) is 0 Å². The third-order valence-corrected chi connectivity index (χ3v) is 3.46. The first-order valence-corrected chi connectivity index (χ1v) is 7.18. The summed E-state index contributed by atoms with van der Waals surface area (Å²) in [6.07, 6.45) is 1.47. The first-order valence-electron chi connectivity index (χ1n) is 7.18. The van der Waals surface area contributed by atoms with Gasteiger partial charge in [0.2, 0.25) is 0 Å². The third kappa shape index (κ3) is 5.04. The van der Waals surface area contributed by atoms with Gasteiger partial charge in [0.05, 0.1) is 6.10 Å². The molecule has 2 aromatic rings. The summed E-state index contributed by atoms with van der Waals surface area (Å²) in [4.78, 5) is 11.9. The highest BCUT2D eigenvalue weighted by Crippen LogP contribution is 2.18. The van der Waals surface area contributed by atoms with Crippen molar-refractivity contribution in [1.82, 2.24) is 0 Å². The molecule has 110 valence electrons. The maximum atomic E-state index is 11.9. The van der Waals surface area contributed by atoms with E-state index in [0.29, 0.717) is 6.42 Å². The lowest BCUT2D eigenvalue weighted by atomic mass is 10.0. The van der Waals surface area contributed by atoms with Crippen LogP contribution >= 0.6 is 0 Å². The molecule has 0 bridgehead atoms. The predicted octanol–water partition coefficient (Wildman–Crippen LogP) is 3.41. The Balaban J connectivity index is 1.73. The van der Waals surface area contributed by atoms with Crippen molar-refractivity contribution in [2.75, 3.05) is 0 Å². The number of phenols is 1. The van der Waals surface area contributed by atoms with E-state index in [1.807, 2.05) is 42.5 Å². The van der Waals surface area contributed by atoms with Crippen LogP contribution in [0.15, 0.2) is 54.6 Å². The summed E-state index contributed by atoms with van der Waals surface area (Å²) in [7, 11) is 0. The number of carbonyl (C=O) groups excluding carboxylic acids is 1. The van der Waals surface area contributed by atoms with Gasteiger partial charge in [0, 0.05) is 12.8 Å². The van der Waals surface area contributed by atoms with Gasteiger partial charge < -0.3 is 10.2 Å². The zero-order chi connectivity index (χ0) is 15.1. The van der Waals surface area contributed by atoms with Gasteiger partial charge in [-0.3, -0.25) is 4.79 Å². The molecular weight excluding hydrogens is 264 g/mol. The minimum atomic E-state index is -0.715. The molecule has 2 rings (SSSR count). The van der Waals surface area contributed by atoms with Gasteiger partial charge in [0.25, 0.3) is 0 Å². The van der Waals surface area contributed by atoms with Crippen molar-refractivity contribution in [2.24, 2.45) is 0 Å². The van der Waals surface area contributed by atoms with E-state index in [1.54, 1.807) is 12.1 Å². The number of carbonyl (C=O) groups is 1. The van der Waals surface area contributed by atoms with Crippen molar-refractivity contribution in [3.63, 3.8) is 0 Å². The fraction of sp³-hybridized carbons (Fsp3) is 0.278. The first-order chi connectivity index (χ1) is 10.1. The number of benzene rings is 2. The van der Waals surface area contributed by atoms with Crippen molar-refractivity contribution >= 4 is 5.78 Å². The van der Waals surface area contributed by atoms with E-state index in [-0.39, 0.29) is 18.0 Å². The van der Waals surface area contributed by atoms with Crippen LogP contribution in [0.25, 0.3) is 0 Å². The van der Waals surface area contributed by atoms with E-state index in [1.165, 1.54) is 0 Å². The molecule has 21 heavy (non-hydrogen) atoms. The van der Waals surface area contributed by atoms with Gasteiger partial charge in [-0.25, -0.2) is 0 Å². The van der Waals surface area contributed by atoms with Gasteiger partial charge in [-0.05, 0) is 36.1 Å². The van der Waals surface area contributed by atoms with Crippen molar-refractivity contribution < 1.29 is 15.0 Å². The summed E-state index contributed by atoms with van der Waals surface area (Å²) in [5.41, 5.74) is 1.88. The fourth-order valence-corrected chi connectivity index (χ4v) is 2.26. The Hall–Kier alpha value is -2.13. The smallest absolute Gasteiger partial charge is 0.135 e. The van der Waals surface area contributed by atoms with Crippen molar-refractivity contribution in [1.29, 1.82) is 0 Å². The number of phenolic OH excluding ortho intramolecular Hbond substituents is 1. The molecule has 0 heterocycles. The number of ketones is 1. The first kappa shape index (κ1) is 15.3. The summed E-state index contributed by atoms with van der Waals surface area (Å²) in [5.74, 6) is 0.325. The number of aromatic hydroxyl groups is 1. The Morgan fingerprint density at radius 2 is 1.67 bits per heavy atom. The van der Waals surface area contributed by atoms with Crippen LogP contribution in [0.2, 0.25) is 0 Å². The maximum Gasteiger partial charge on any atom is 0.135 e. The monoisotopic (exact) mass is 284 g/mol. The Bertz CT molecular complexity index is 561. The Morgan fingerprint density at radius 1 is 1.00 bits per heavy atom. The molecule has 0 aliphatic rings. The average molecular weight is 284 g/mol. The number of aliphatic hydroxyl groups excluding tert-OH is 1. The second-order valence-electron chi connectivity index (χ2n) is 5.19. The number of hydrogen-bond acceptors (Lipinski definition) is 3. The molecule has 0 unspecified atom stereocenters. The molecule has 0 saturated carbocycles. The molecule has 2 aromatic carbocycles. The Morgan fingerprint density at radius 3 is 2.33 bits per heavy atom. The Labute approximate surface area is 124 Å². The summed E-state index contributed by atoms with van der Waals surface area (Å²) in [5, 5.41) is 19.2. The highest BCUT2D eigenvalue weighted by atomic mass is 16.3. The molecule has 0 spiro atoms. The van der Waals surface area contributed by atoms with Crippen LogP contribution in [0.1, 0.15) is 36.5 Å². The van der Waals surface area contributed by atoms with E-state index < -0.39 is 6.10 Å². The van der Waals surface area contributed by atoms with Crippen LogP contribution in [0.5, 0.6) is 5.75 Å². The van der Waals surface area contributed by atoms with E-state index >= 15 is 0 Å². The maximum absolute atomic E-state index is 11.9. The fourth-order valence-electron chi connectivity index (χ4n) is 2.26. The lowest BCUT2D eigenvalue weighted by Crippen LogP contribution is -2.07. The van der Waals surface area contributed by atoms with Crippen LogP contribution in [-0.4, -0.2) is 16.0 Å². The molecule has 3 heteroatoms. The standard InChI is InChI=1S/C18H20O3/c19-16-11-9-14(10-12-16)5-4-8-17(20)13-18(21)15-6-2-1-3-7-15/h1-3,6-7,9-12,18-19,21H,4-5,8,13H2/t18-/m0/s1. The SMILES string of the molecule is O=C(CCCc1ccc(O)cc1)C[C@H](O)c1ccccc1. The molecule has 0 fully saturated rings. The van der Waals surface area contributed by atoms with Crippen LogP contribution in [0.4, 0.5) is 0 Å². The minimum Gasteiger partial charge on any atom is -0.508 e. The van der Waals surface area contributed by atoms with Crippen LogP contribution in [0.3, 0.4) is 0 Å². The molecule has 2 N–H and O–H groups in total. The van der Waals surface area contributed by atoms with Gasteiger partial charge in [0.1, 0.15) is 11.5 Å². The van der Waals surface area contributed by atoms with E-state index in [4.69, 9.17) is 0 Å². The predicted molar refractivity (Wildman–Crippen MR) is 82.1 cm³/mol. The van der Waals surface area contributed by atoms with Crippen molar-refractivity contribution in [3.05, 3.63) is 65.7 Å². The van der Waals surface area contributed by atoms with Crippen molar-refractivity contribution in [3.8, 4) is 5.75 Å². The molecule has 1 atom stereocenters. The highest BCUT2D eigenvalue weighted by molar-refractivity contribution is 5.79. The largest absolute Gasteiger partial charge is 0.508 e. The molecule has 0 aliphatic heterocycles. The van der Waals surface area contributed by atoms with Gasteiger partial charge >= 0.3 is 0 Å². The van der Waals surface area contributed by atoms with Crippen LogP contribution in [0, 0.1) is 0 Å². The summed E-state index contributed by atoms with van der Waals surface area (Å²) >= 11 is 0. The lowest BCUT2D eigenvalue weighted by molar-refractivity contribution is -0.121. The number of hydrogen-bond donors (Lipinski definition) is 2. The van der Waals surface area contributed by atoms with Crippen LogP contribution in [-0.2, 0) is 11.2 Å².